The van der Waals surface area contributed by atoms with Crippen molar-refractivity contribution in [2.75, 3.05) is 5.75 Å². The van der Waals surface area contributed by atoms with E-state index in [1.807, 2.05) is 12.1 Å². The number of carbonyl (C=O) groups is 1. The van der Waals surface area contributed by atoms with Gasteiger partial charge in [0.15, 0.2) is 0 Å². The summed E-state index contributed by atoms with van der Waals surface area (Å²) in [6.45, 7) is 4.28. The molecule has 0 saturated carbocycles. The number of hydrogen-bond donors (Lipinski definition) is 0. The lowest BCUT2D eigenvalue weighted by atomic mass is 10.1. The average molecular weight is 250 g/mol. The van der Waals surface area contributed by atoms with E-state index in [0.29, 0.717) is 11.5 Å². The van der Waals surface area contributed by atoms with Crippen LogP contribution in [0.5, 0.6) is 0 Å². The predicted molar refractivity (Wildman–Crippen MR) is 75.7 cm³/mol. The van der Waals surface area contributed by atoms with Crippen molar-refractivity contribution in [3.63, 3.8) is 0 Å². The minimum atomic E-state index is 0.384. The molecule has 1 nitrogen and oxygen atoms in total. The van der Waals surface area contributed by atoms with Crippen LogP contribution in [0.2, 0.25) is 0 Å². The summed E-state index contributed by atoms with van der Waals surface area (Å²) in [5.41, 5.74) is 1.26. The van der Waals surface area contributed by atoms with Gasteiger partial charge in [0.2, 0.25) is 0 Å². The maximum absolute atomic E-state index is 11.7. The third-order valence-corrected chi connectivity index (χ3v) is 4.03. The standard InChI is InChI=1S/C15H22OS/c1-3-4-5-6-10-14(16)12-17-15-11-8-7-9-13(15)2/h7-9,11H,3-6,10,12H2,1-2H3. The molecule has 0 bridgehead atoms. The number of Topliss-reactive ketones (excluding diaryl/α,β-unsaturated/α-hetero) is 1. The summed E-state index contributed by atoms with van der Waals surface area (Å²) in [4.78, 5) is 12.9. The second-order valence-corrected chi connectivity index (χ2v) is 5.42. The van der Waals surface area contributed by atoms with Crippen LogP contribution in [-0.4, -0.2) is 11.5 Å². The zero-order chi connectivity index (χ0) is 12.5. The Morgan fingerprint density at radius 3 is 2.65 bits per heavy atom. The van der Waals surface area contributed by atoms with Gasteiger partial charge in [-0.25, -0.2) is 0 Å². The van der Waals surface area contributed by atoms with E-state index in [4.69, 9.17) is 0 Å². The topological polar surface area (TPSA) is 17.1 Å². The first kappa shape index (κ1) is 14.3. The maximum Gasteiger partial charge on any atom is 0.143 e. The van der Waals surface area contributed by atoms with Gasteiger partial charge in [0.1, 0.15) is 5.78 Å². The highest BCUT2D eigenvalue weighted by atomic mass is 32.2. The second kappa shape index (κ2) is 8.35. The SMILES string of the molecule is CCCCCCC(=O)CSc1ccccc1C. The number of benzene rings is 1. The maximum atomic E-state index is 11.7. The van der Waals surface area contributed by atoms with Gasteiger partial charge in [-0.05, 0) is 25.0 Å². The molecular formula is C15H22OS. The highest BCUT2D eigenvalue weighted by molar-refractivity contribution is 8.00. The number of thioether (sulfide) groups is 1. The molecule has 1 aromatic rings. The number of rotatable bonds is 8. The van der Waals surface area contributed by atoms with Crippen molar-refractivity contribution in [2.45, 2.75) is 50.8 Å². The van der Waals surface area contributed by atoms with Gasteiger partial charge in [-0.1, -0.05) is 44.4 Å². The van der Waals surface area contributed by atoms with Crippen LogP contribution in [0.1, 0.15) is 44.6 Å². The first-order valence-electron chi connectivity index (χ1n) is 6.44. The molecule has 0 aliphatic carbocycles. The van der Waals surface area contributed by atoms with Crippen LogP contribution < -0.4 is 0 Å². The first-order valence-corrected chi connectivity index (χ1v) is 7.42. The molecule has 94 valence electrons. The molecule has 0 radical (unpaired) electrons. The van der Waals surface area contributed by atoms with Crippen molar-refractivity contribution in [2.24, 2.45) is 0 Å². The number of unbranched alkanes of at least 4 members (excludes halogenated alkanes) is 3. The fourth-order valence-electron chi connectivity index (χ4n) is 1.70. The zero-order valence-corrected chi connectivity index (χ0v) is 11.7. The minimum Gasteiger partial charge on any atom is -0.299 e. The second-order valence-electron chi connectivity index (χ2n) is 4.40. The third-order valence-electron chi connectivity index (χ3n) is 2.79. The van der Waals surface area contributed by atoms with Gasteiger partial charge in [-0.2, -0.15) is 0 Å². The molecule has 0 aromatic heterocycles. The predicted octanol–water partition coefficient (Wildman–Crippen LogP) is 4.63. The lowest BCUT2D eigenvalue weighted by Gasteiger charge is -2.04. The molecule has 1 rings (SSSR count). The average Bonchev–Trinajstić information content (AvgIpc) is 2.34. The highest BCUT2D eigenvalue weighted by Gasteiger charge is 2.04. The van der Waals surface area contributed by atoms with Crippen molar-refractivity contribution in [3.05, 3.63) is 29.8 Å². The van der Waals surface area contributed by atoms with E-state index in [2.05, 4.69) is 26.0 Å². The summed E-state index contributed by atoms with van der Waals surface area (Å²) < 4.78 is 0. The fraction of sp³-hybridized carbons (Fsp3) is 0.533. The molecule has 0 unspecified atom stereocenters. The molecule has 2 heteroatoms. The molecule has 0 aliphatic heterocycles. The van der Waals surface area contributed by atoms with E-state index in [9.17, 15) is 4.79 Å². The van der Waals surface area contributed by atoms with Crippen molar-refractivity contribution < 1.29 is 4.79 Å². The van der Waals surface area contributed by atoms with Gasteiger partial charge in [0.05, 0.1) is 5.75 Å². The number of hydrogen-bond acceptors (Lipinski definition) is 2. The monoisotopic (exact) mass is 250 g/mol. The molecule has 0 heterocycles. The van der Waals surface area contributed by atoms with Gasteiger partial charge in [-0.15, -0.1) is 11.8 Å². The summed E-state index contributed by atoms with van der Waals surface area (Å²) >= 11 is 1.67. The van der Waals surface area contributed by atoms with E-state index >= 15 is 0 Å². The number of ketones is 1. The molecule has 17 heavy (non-hydrogen) atoms. The van der Waals surface area contributed by atoms with Crippen LogP contribution in [0.3, 0.4) is 0 Å². The molecule has 0 saturated heterocycles. The Bertz CT molecular complexity index is 347. The molecule has 0 atom stereocenters. The Labute approximate surface area is 109 Å². The van der Waals surface area contributed by atoms with E-state index in [0.717, 1.165) is 12.8 Å². The fourth-order valence-corrected chi connectivity index (χ4v) is 2.63. The Hall–Kier alpha value is -0.760. The number of aryl methyl sites for hydroxylation is 1. The van der Waals surface area contributed by atoms with E-state index in [1.165, 1.54) is 29.7 Å². The van der Waals surface area contributed by atoms with Crippen molar-refractivity contribution in [1.82, 2.24) is 0 Å². The van der Waals surface area contributed by atoms with Crippen LogP contribution >= 0.6 is 11.8 Å². The smallest absolute Gasteiger partial charge is 0.143 e. The highest BCUT2D eigenvalue weighted by Crippen LogP contribution is 2.22. The van der Waals surface area contributed by atoms with Gasteiger partial charge >= 0.3 is 0 Å². The Kier molecular flexibility index (Phi) is 7.02. The van der Waals surface area contributed by atoms with Crippen LogP contribution in [0.4, 0.5) is 0 Å². The Morgan fingerprint density at radius 1 is 1.18 bits per heavy atom. The summed E-state index contributed by atoms with van der Waals surface area (Å²) in [7, 11) is 0. The molecule has 0 N–H and O–H groups in total. The molecule has 0 aliphatic rings. The third kappa shape index (κ3) is 5.92. The van der Waals surface area contributed by atoms with Crippen molar-refractivity contribution in [1.29, 1.82) is 0 Å². The number of carbonyl (C=O) groups excluding carboxylic acids is 1. The normalized spacial score (nSPS) is 10.5. The molecule has 0 fully saturated rings. The van der Waals surface area contributed by atoms with E-state index < -0.39 is 0 Å². The van der Waals surface area contributed by atoms with Crippen molar-refractivity contribution in [3.8, 4) is 0 Å². The summed E-state index contributed by atoms with van der Waals surface area (Å²) in [5.74, 6) is 1.01. The van der Waals surface area contributed by atoms with Crippen molar-refractivity contribution >= 4 is 17.5 Å². The lowest BCUT2D eigenvalue weighted by Crippen LogP contribution is -2.01. The zero-order valence-electron chi connectivity index (χ0n) is 10.9. The largest absolute Gasteiger partial charge is 0.299 e. The summed E-state index contributed by atoms with van der Waals surface area (Å²) in [5, 5.41) is 0. The molecule has 0 amide bonds. The summed E-state index contributed by atoms with van der Waals surface area (Å²) in [6.07, 6.45) is 5.47. The van der Waals surface area contributed by atoms with Crippen LogP contribution in [0.15, 0.2) is 29.2 Å². The Balaban J connectivity index is 2.22. The molecule has 1 aromatic carbocycles. The van der Waals surface area contributed by atoms with Crippen LogP contribution in [0.25, 0.3) is 0 Å². The van der Waals surface area contributed by atoms with Gasteiger partial charge < -0.3 is 0 Å². The van der Waals surface area contributed by atoms with Gasteiger partial charge in [-0.3, -0.25) is 4.79 Å². The van der Waals surface area contributed by atoms with Crippen LogP contribution in [-0.2, 0) is 4.79 Å². The minimum absolute atomic E-state index is 0.384. The van der Waals surface area contributed by atoms with Gasteiger partial charge in [0.25, 0.3) is 0 Å². The molecule has 0 spiro atoms. The quantitative estimate of drug-likeness (QED) is 0.494. The Morgan fingerprint density at radius 2 is 1.94 bits per heavy atom. The van der Waals surface area contributed by atoms with E-state index in [1.54, 1.807) is 11.8 Å². The molecular weight excluding hydrogens is 228 g/mol. The summed E-state index contributed by atoms with van der Waals surface area (Å²) in [6, 6.07) is 8.24. The first-order chi connectivity index (χ1) is 8.24. The van der Waals surface area contributed by atoms with E-state index in [-0.39, 0.29) is 0 Å². The van der Waals surface area contributed by atoms with Crippen LogP contribution in [0, 0.1) is 6.92 Å². The van der Waals surface area contributed by atoms with Gasteiger partial charge in [0, 0.05) is 11.3 Å². The lowest BCUT2D eigenvalue weighted by molar-refractivity contribution is -0.116.